The van der Waals surface area contributed by atoms with E-state index >= 15 is 0 Å². The van der Waals surface area contributed by atoms with Crippen molar-refractivity contribution < 1.29 is 33.4 Å². The molecule has 0 saturated heterocycles. The Morgan fingerprint density at radius 3 is 2.00 bits per heavy atom. The van der Waals surface area contributed by atoms with Crippen LogP contribution in [0.3, 0.4) is 0 Å². The van der Waals surface area contributed by atoms with Crippen molar-refractivity contribution >= 4 is 17.9 Å². The Balaban J connectivity index is 2.02. The first-order valence-electron chi connectivity index (χ1n) is 13.9. The molecule has 0 atom stereocenters. The van der Waals surface area contributed by atoms with E-state index in [0.717, 1.165) is 63.9 Å². The molecule has 0 unspecified atom stereocenters. The summed E-state index contributed by atoms with van der Waals surface area (Å²) in [4.78, 5) is 36.4. The van der Waals surface area contributed by atoms with Gasteiger partial charge < -0.3 is 14.6 Å². The summed E-state index contributed by atoms with van der Waals surface area (Å²) in [5.41, 5.74) is 0.157. The molecule has 0 fully saturated rings. The lowest BCUT2D eigenvalue weighted by Crippen LogP contribution is -2.10. The Morgan fingerprint density at radius 2 is 1.37 bits per heavy atom. The van der Waals surface area contributed by atoms with Crippen molar-refractivity contribution in [3.05, 3.63) is 53.3 Å². The van der Waals surface area contributed by atoms with Crippen LogP contribution < -0.4 is 4.74 Å². The number of halogens is 1. The van der Waals surface area contributed by atoms with Gasteiger partial charge in [0.15, 0.2) is 0 Å². The van der Waals surface area contributed by atoms with E-state index in [9.17, 15) is 23.9 Å². The molecule has 7 heteroatoms. The summed E-state index contributed by atoms with van der Waals surface area (Å²) in [6, 6.07) is 8.01. The third kappa shape index (κ3) is 10.6. The first-order valence-corrected chi connectivity index (χ1v) is 13.9. The second kappa shape index (κ2) is 17.3. The molecule has 2 rings (SSSR count). The van der Waals surface area contributed by atoms with Crippen molar-refractivity contribution in [2.45, 2.75) is 97.3 Å². The normalized spacial score (nSPS) is 10.8. The molecule has 0 heterocycles. The van der Waals surface area contributed by atoms with Gasteiger partial charge in [-0.25, -0.2) is 14.0 Å². The van der Waals surface area contributed by atoms with Gasteiger partial charge in [-0.3, -0.25) is 4.79 Å². The summed E-state index contributed by atoms with van der Waals surface area (Å²) in [6.07, 6.45) is 12.8. The van der Waals surface area contributed by atoms with Gasteiger partial charge in [-0.15, -0.1) is 0 Å². The maximum absolute atomic E-state index is 14.8. The number of hydrogen-bond donors (Lipinski definition) is 1. The van der Waals surface area contributed by atoms with Crippen LogP contribution in [0.4, 0.5) is 4.39 Å². The molecule has 208 valence electrons. The van der Waals surface area contributed by atoms with Crippen LogP contribution in [0.2, 0.25) is 0 Å². The fraction of sp³-hybridized carbons (Fsp3) is 0.516. The largest absolute Gasteiger partial charge is 0.478 e. The number of benzene rings is 2. The second-order valence-electron chi connectivity index (χ2n) is 9.60. The highest BCUT2D eigenvalue weighted by Crippen LogP contribution is 2.30. The predicted molar refractivity (Wildman–Crippen MR) is 146 cm³/mol. The van der Waals surface area contributed by atoms with Crippen LogP contribution in [0.5, 0.6) is 5.75 Å². The van der Waals surface area contributed by atoms with E-state index in [0.29, 0.717) is 0 Å². The molecule has 0 bridgehead atoms. The zero-order valence-corrected chi connectivity index (χ0v) is 22.7. The van der Waals surface area contributed by atoms with Gasteiger partial charge >= 0.3 is 17.9 Å². The summed E-state index contributed by atoms with van der Waals surface area (Å²) < 4.78 is 25.5. The summed E-state index contributed by atoms with van der Waals surface area (Å²) in [5.74, 6) is -2.98. The van der Waals surface area contributed by atoms with Crippen molar-refractivity contribution in [3.8, 4) is 16.9 Å². The minimum atomic E-state index is -1.20. The van der Waals surface area contributed by atoms with Gasteiger partial charge in [0, 0.05) is 6.42 Å². The number of hydrogen-bond acceptors (Lipinski definition) is 5. The molecule has 0 amide bonds. The van der Waals surface area contributed by atoms with Crippen molar-refractivity contribution in [2.24, 2.45) is 0 Å². The zero-order valence-electron chi connectivity index (χ0n) is 22.7. The highest BCUT2D eigenvalue weighted by Gasteiger charge is 2.18. The number of esters is 2. The molecule has 6 nitrogen and oxygen atoms in total. The third-order valence-electron chi connectivity index (χ3n) is 6.42. The van der Waals surface area contributed by atoms with E-state index in [1.807, 2.05) is 0 Å². The molecule has 0 aliphatic rings. The monoisotopic (exact) mass is 528 g/mol. The van der Waals surface area contributed by atoms with Crippen molar-refractivity contribution in [1.29, 1.82) is 0 Å². The average molecular weight is 529 g/mol. The molecule has 0 radical (unpaired) electrons. The molecular formula is C31H41FO6. The van der Waals surface area contributed by atoms with E-state index in [2.05, 4.69) is 13.8 Å². The molecule has 2 aromatic carbocycles. The van der Waals surface area contributed by atoms with Crippen LogP contribution in [0.25, 0.3) is 11.1 Å². The number of aromatic carboxylic acids is 1. The SMILES string of the molecule is CCCCCCCCCC(=O)Oc1ccc(C(=O)O)c(-c2ccc(C(=O)OCCCCCCC)c(F)c2)c1. The van der Waals surface area contributed by atoms with Gasteiger partial charge in [0.05, 0.1) is 17.7 Å². The van der Waals surface area contributed by atoms with Crippen LogP contribution in [0.1, 0.15) is 118 Å². The molecule has 0 spiro atoms. The first-order chi connectivity index (χ1) is 18.4. The summed E-state index contributed by atoms with van der Waals surface area (Å²) in [5, 5.41) is 9.63. The molecule has 0 aliphatic carbocycles. The van der Waals surface area contributed by atoms with E-state index < -0.39 is 23.7 Å². The van der Waals surface area contributed by atoms with Crippen molar-refractivity contribution in [1.82, 2.24) is 0 Å². The second-order valence-corrected chi connectivity index (χ2v) is 9.60. The predicted octanol–water partition coefficient (Wildman–Crippen LogP) is 8.36. The smallest absolute Gasteiger partial charge is 0.341 e. The molecule has 2 aromatic rings. The number of carboxylic acids is 1. The Labute approximate surface area is 225 Å². The molecular weight excluding hydrogens is 487 g/mol. The standard InChI is InChI=1S/C31H41FO6/c1-3-5-7-9-10-11-13-15-29(33)38-24-17-19-25(30(34)35)27(22-24)23-16-18-26(28(32)21-23)31(36)37-20-14-12-8-6-4-2/h16-19,21-22H,3-15,20H2,1-2H3,(H,34,35). The van der Waals surface area contributed by atoms with Gasteiger partial charge in [-0.2, -0.15) is 0 Å². The minimum absolute atomic E-state index is 0.0707. The fourth-order valence-electron chi connectivity index (χ4n) is 4.22. The molecule has 0 aliphatic heterocycles. The van der Waals surface area contributed by atoms with Gasteiger partial charge in [0.2, 0.25) is 0 Å². The molecule has 0 aromatic heterocycles. The van der Waals surface area contributed by atoms with Gasteiger partial charge in [0.1, 0.15) is 11.6 Å². The number of unbranched alkanes of at least 4 members (excludes halogenated alkanes) is 10. The highest BCUT2D eigenvalue weighted by atomic mass is 19.1. The van der Waals surface area contributed by atoms with Crippen molar-refractivity contribution in [2.75, 3.05) is 6.61 Å². The van der Waals surface area contributed by atoms with Crippen LogP contribution in [-0.4, -0.2) is 29.6 Å². The van der Waals surface area contributed by atoms with E-state index in [1.165, 1.54) is 49.6 Å². The fourth-order valence-corrected chi connectivity index (χ4v) is 4.22. The van der Waals surface area contributed by atoms with Crippen LogP contribution in [0, 0.1) is 5.82 Å². The van der Waals surface area contributed by atoms with Crippen LogP contribution in [0.15, 0.2) is 36.4 Å². The number of carbonyl (C=O) groups is 3. The maximum Gasteiger partial charge on any atom is 0.341 e. The third-order valence-corrected chi connectivity index (χ3v) is 6.42. The maximum atomic E-state index is 14.8. The van der Waals surface area contributed by atoms with Crippen LogP contribution >= 0.6 is 0 Å². The van der Waals surface area contributed by atoms with Crippen LogP contribution in [-0.2, 0) is 9.53 Å². The lowest BCUT2D eigenvalue weighted by atomic mass is 9.98. The topological polar surface area (TPSA) is 89.9 Å². The minimum Gasteiger partial charge on any atom is -0.478 e. The summed E-state index contributed by atoms with van der Waals surface area (Å²) >= 11 is 0. The lowest BCUT2D eigenvalue weighted by molar-refractivity contribution is -0.134. The molecule has 0 saturated carbocycles. The van der Waals surface area contributed by atoms with Gasteiger partial charge in [0.25, 0.3) is 0 Å². The number of ether oxygens (including phenoxy) is 2. The zero-order chi connectivity index (χ0) is 27.8. The quantitative estimate of drug-likeness (QED) is 0.119. The Morgan fingerprint density at radius 1 is 0.763 bits per heavy atom. The van der Waals surface area contributed by atoms with E-state index in [-0.39, 0.29) is 41.0 Å². The van der Waals surface area contributed by atoms with Crippen molar-refractivity contribution in [3.63, 3.8) is 0 Å². The van der Waals surface area contributed by atoms with Gasteiger partial charge in [-0.05, 0) is 54.3 Å². The lowest BCUT2D eigenvalue weighted by Gasteiger charge is -2.12. The van der Waals surface area contributed by atoms with Gasteiger partial charge in [-0.1, -0.05) is 84.1 Å². The average Bonchev–Trinajstić information content (AvgIpc) is 2.89. The van der Waals surface area contributed by atoms with E-state index in [4.69, 9.17) is 9.47 Å². The number of carboxylic acid groups (broad SMARTS) is 1. The first kappa shape index (κ1) is 31.0. The number of rotatable bonds is 18. The Kier molecular flexibility index (Phi) is 14.1. The molecule has 1 N–H and O–H groups in total. The summed E-state index contributed by atoms with van der Waals surface area (Å²) in [6.45, 7) is 4.51. The Hall–Kier alpha value is -3.22. The van der Waals surface area contributed by atoms with E-state index in [1.54, 1.807) is 0 Å². The highest BCUT2D eigenvalue weighted by molar-refractivity contribution is 5.97. The summed E-state index contributed by atoms with van der Waals surface area (Å²) in [7, 11) is 0. The molecule has 38 heavy (non-hydrogen) atoms. The number of carbonyl (C=O) groups excluding carboxylic acids is 2. The Bertz CT molecular complexity index is 1050.